The molecule has 0 saturated carbocycles. The van der Waals surface area contributed by atoms with Gasteiger partial charge in [0.25, 0.3) is 0 Å². The molecule has 2 aromatic rings. The fourth-order valence-electron chi connectivity index (χ4n) is 2.80. The molecule has 8 heteroatoms. The van der Waals surface area contributed by atoms with Crippen LogP contribution in [0.1, 0.15) is 26.3 Å². The summed E-state index contributed by atoms with van der Waals surface area (Å²) in [6, 6.07) is 14.4. The van der Waals surface area contributed by atoms with E-state index in [9.17, 15) is 13.2 Å². The van der Waals surface area contributed by atoms with Crippen molar-refractivity contribution in [3.05, 3.63) is 54.1 Å². The zero-order valence-corrected chi connectivity index (χ0v) is 19.0. The molecule has 7 nitrogen and oxygen atoms in total. The molecule has 164 valence electrons. The number of hydrogen-bond donors (Lipinski definition) is 1. The lowest BCUT2D eigenvalue weighted by molar-refractivity contribution is -0.119. The number of anilines is 1. The molecule has 1 N–H and O–H groups in total. The summed E-state index contributed by atoms with van der Waals surface area (Å²) in [5.74, 6) is 0.765. The number of nitrogens with zero attached hydrogens (tertiary/aromatic N) is 1. The van der Waals surface area contributed by atoms with Crippen LogP contribution in [0.25, 0.3) is 0 Å². The second kappa shape index (κ2) is 9.84. The van der Waals surface area contributed by atoms with Gasteiger partial charge in [0.05, 0.1) is 25.6 Å². The van der Waals surface area contributed by atoms with Crippen molar-refractivity contribution >= 4 is 21.6 Å². The number of benzene rings is 2. The van der Waals surface area contributed by atoms with Gasteiger partial charge >= 0.3 is 0 Å². The van der Waals surface area contributed by atoms with E-state index in [0.717, 1.165) is 16.1 Å². The Kier molecular flexibility index (Phi) is 7.72. The zero-order chi connectivity index (χ0) is 22.4. The van der Waals surface area contributed by atoms with Crippen molar-refractivity contribution < 1.29 is 22.7 Å². The molecule has 0 radical (unpaired) electrons. The predicted molar refractivity (Wildman–Crippen MR) is 119 cm³/mol. The number of carbonyl (C=O) groups excluding carboxylic acids is 1. The zero-order valence-electron chi connectivity index (χ0n) is 18.1. The number of hydrogen-bond acceptors (Lipinski definition) is 5. The van der Waals surface area contributed by atoms with Crippen LogP contribution in [0, 0.1) is 0 Å². The number of para-hydroxylation sites is 2. The molecule has 1 amide bonds. The molecule has 0 aliphatic rings. The van der Waals surface area contributed by atoms with E-state index in [0.29, 0.717) is 17.2 Å². The Balaban J connectivity index is 1.96. The highest BCUT2D eigenvalue weighted by Crippen LogP contribution is 2.26. The van der Waals surface area contributed by atoms with Crippen LogP contribution in [0.5, 0.6) is 11.5 Å². The van der Waals surface area contributed by atoms with Crippen molar-refractivity contribution in [2.45, 2.75) is 26.2 Å². The Bertz CT molecular complexity index is 950. The maximum absolute atomic E-state index is 12.3. The Hall–Kier alpha value is -2.74. The van der Waals surface area contributed by atoms with Crippen LogP contribution in [-0.2, 0) is 20.2 Å². The van der Waals surface area contributed by atoms with Crippen LogP contribution in [0.4, 0.5) is 5.69 Å². The quantitative estimate of drug-likeness (QED) is 0.614. The molecule has 0 unspecified atom stereocenters. The van der Waals surface area contributed by atoms with E-state index in [1.807, 2.05) is 24.3 Å². The lowest BCUT2D eigenvalue weighted by atomic mass is 9.87. The molecule has 0 aliphatic heterocycles. The van der Waals surface area contributed by atoms with Gasteiger partial charge in [-0.05, 0) is 35.2 Å². The molecule has 0 atom stereocenters. The van der Waals surface area contributed by atoms with Crippen LogP contribution in [0.15, 0.2) is 48.5 Å². The first-order valence-corrected chi connectivity index (χ1v) is 11.5. The van der Waals surface area contributed by atoms with Crippen LogP contribution in [0.3, 0.4) is 0 Å². The molecule has 0 bridgehead atoms. The minimum absolute atomic E-state index is 0.0484. The van der Waals surface area contributed by atoms with Gasteiger partial charge in [0.2, 0.25) is 15.9 Å². The average molecular weight is 435 g/mol. The Labute approximate surface area is 179 Å². The van der Waals surface area contributed by atoms with Crippen molar-refractivity contribution in [2.75, 3.05) is 37.4 Å². The van der Waals surface area contributed by atoms with E-state index >= 15 is 0 Å². The number of methoxy groups -OCH3 is 1. The van der Waals surface area contributed by atoms with E-state index in [1.54, 1.807) is 31.4 Å². The van der Waals surface area contributed by atoms with Crippen LogP contribution in [0.2, 0.25) is 0 Å². The van der Waals surface area contributed by atoms with E-state index in [-0.39, 0.29) is 25.1 Å². The van der Waals surface area contributed by atoms with E-state index in [1.165, 1.54) is 0 Å². The van der Waals surface area contributed by atoms with Gasteiger partial charge < -0.3 is 14.8 Å². The molecule has 0 aliphatic carbocycles. The van der Waals surface area contributed by atoms with Gasteiger partial charge in [-0.15, -0.1) is 0 Å². The monoisotopic (exact) mass is 434 g/mol. The summed E-state index contributed by atoms with van der Waals surface area (Å²) in [6.45, 7) is 6.40. The third-order valence-electron chi connectivity index (χ3n) is 4.46. The minimum atomic E-state index is -3.62. The highest BCUT2D eigenvalue weighted by molar-refractivity contribution is 7.92. The summed E-state index contributed by atoms with van der Waals surface area (Å²) < 4.78 is 36.4. The molecule has 2 rings (SSSR count). The minimum Gasteiger partial charge on any atom is -0.493 e. The summed E-state index contributed by atoms with van der Waals surface area (Å²) in [5.41, 5.74) is 1.48. The molecule has 0 fully saturated rings. The molecule has 2 aromatic carbocycles. The second-order valence-electron chi connectivity index (χ2n) is 7.92. The van der Waals surface area contributed by atoms with Crippen molar-refractivity contribution in [1.82, 2.24) is 5.32 Å². The topological polar surface area (TPSA) is 84.9 Å². The van der Waals surface area contributed by atoms with E-state index in [4.69, 9.17) is 9.47 Å². The van der Waals surface area contributed by atoms with Gasteiger partial charge in [0.15, 0.2) is 11.5 Å². The van der Waals surface area contributed by atoms with E-state index in [2.05, 4.69) is 26.1 Å². The fraction of sp³-hybridized carbons (Fsp3) is 0.409. The Morgan fingerprint density at radius 2 is 1.63 bits per heavy atom. The van der Waals surface area contributed by atoms with Crippen molar-refractivity contribution in [2.24, 2.45) is 0 Å². The molecule has 0 spiro atoms. The first kappa shape index (κ1) is 23.5. The third kappa shape index (κ3) is 6.66. The van der Waals surface area contributed by atoms with Gasteiger partial charge in [-0.25, -0.2) is 8.42 Å². The maximum Gasteiger partial charge on any atom is 0.240 e. The first-order valence-electron chi connectivity index (χ1n) is 9.63. The van der Waals surface area contributed by atoms with Gasteiger partial charge in [0, 0.05) is 0 Å². The third-order valence-corrected chi connectivity index (χ3v) is 5.60. The lowest BCUT2D eigenvalue weighted by Gasteiger charge is -2.24. The predicted octanol–water partition coefficient (Wildman–Crippen LogP) is 2.95. The molecular weight excluding hydrogens is 404 g/mol. The van der Waals surface area contributed by atoms with Crippen LogP contribution < -0.4 is 19.1 Å². The molecule has 0 heterocycles. The number of carbonyl (C=O) groups is 1. The summed E-state index contributed by atoms with van der Waals surface area (Å²) in [4.78, 5) is 12.3. The van der Waals surface area contributed by atoms with Crippen LogP contribution in [-0.4, -0.2) is 47.4 Å². The van der Waals surface area contributed by atoms with Crippen molar-refractivity contribution in [3.8, 4) is 11.5 Å². The number of ether oxygens (including phenoxy) is 2. The Morgan fingerprint density at radius 3 is 2.17 bits per heavy atom. The largest absolute Gasteiger partial charge is 0.493 e. The number of nitrogens with one attached hydrogen (secondary N) is 1. The second-order valence-corrected chi connectivity index (χ2v) is 9.82. The van der Waals surface area contributed by atoms with Crippen LogP contribution >= 0.6 is 0 Å². The molecule has 0 saturated heterocycles. The van der Waals surface area contributed by atoms with Crippen molar-refractivity contribution in [3.63, 3.8) is 0 Å². The standard InChI is InChI=1S/C22H30N2O5S/c1-22(2,3)17-10-12-18(13-11-17)24(30(5,26)27)16-21(25)23-14-15-29-20-9-7-6-8-19(20)28-4/h6-13H,14-16H2,1-5H3,(H,23,25). The highest BCUT2D eigenvalue weighted by atomic mass is 32.2. The molecule has 30 heavy (non-hydrogen) atoms. The van der Waals surface area contributed by atoms with E-state index < -0.39 is 15.9 Å². The number of sulfonamides is 1. The summed E-state index contributed by atoms with van der Waals surface area (Å²) >= 11 is 0. The smallest absolute Gasteiger partial charge is 0.240 e. The SMILES string of the molecule is COc1ccccc1OCCNC(=O)CN(c1ccc(C(C)(C)C)cc1)S(C)(=O)=O. The van der Waals surface area contributed by atoms with Gasteiger partial charge in [-0.2, -0.15) is 0 Å². The number of amides is 1. The summed E-state index contributed by atoms with van der Waals surface area (Å²) in [6.07, 6.45) is 1.09. The highest BCUT2D eigenvalue weighted by Gasteiger charge is 2.22. The van der Waals surface area contributed by atoms with Gasteiger partial charge in [-0.1, -0.05) is 45.0 Å². The molecule has 0 aromatic heterocycles. The maximum atomic E-state index is 12.3. The van der Waals surface area contributed by atoms with Gasteiger partial charge in [0.1, 0.15) is 13.2 Å². The molecular formula is C22H30N2O5S. The van der Waals surface area contributed by atoms with Gasteiger partial charge in [-0.3, -0.25) is 9.10 Å². The first-order chi connectivity index (χ1) is 14.0. The average Bonchev–Trinajstić information content (AvgIpc) is 2.68. The Morgan fingerprint density at radius 1 is 1.03 bits per heavy atom. The fourth-order valence-corrected chi connectivity index (χ4v) is 3.66. The lowest BCUT2D eigenvalue weighted by Crippen LogP contribution is -2.41. The summed E-state index contributed by atoms with van der Waals surface area (Å²) in [7, 11) is -2.07. The normalized spacial score (nSPS) is 11.6. The van der Waals surface area contributed by atoms with Crippen molar-refractivity contribution in [1.29, 1.82) is 0 Å². The number of rotatable bonds is 9. The summed E-state index contributed by atoms with van der Waals surface area (Å²) in [5, 5.41) is 2.69.